The van der Waals surface area contributed by atoms with Crippen LogP contribution < -0.4 is 4.90 Å². The number of carbonyl (C=O) groups is 1. The lowest BCUT2D eigenvalue weighted by molar-refractivity contribution is -0.143. The maximum Gasteiger partial charge on any atom is 0.305 e. The number of carbonyl (C=O) groups excluding carboxylic acids is 1. The maximum absolute atomic E-state index is 11.5. The standard InChI is InChI=1S/C25H29N3O2/c1-2-30-25(29)15-8-3-4-11-19-28(23-14-9-10-17-26-23)24-20-22(16-18-27-24)21-12-6-5-7-13-21/h5-7,9-10,12-14,16-18,20H,2-4,8,11,15,19H2,1H3. The van der Waals surface area contributed by atoms with E-state index in [1.54, 1.807) is 0 Å². The zero-order valence-corrected chi connectivity index (χ0v) is 17.5. The molecule has 0 bridgehead atoms. The predicted octanol–water partition coefficient (Wildman–Crippen LogP) is 5.80. The predicted molar refractivity (Wildman–Crippen MR) is 121 cm³/mol. The van der Waals surface area contributed by atoms with Crippen LogP contribution in [0.2, 0.25) is 0 Å². The molecule has 5 nitrogen and oxygen atoms in total. The van der Waals surface area contributed by atoms with Crippen molar-refractivity contribution in [2.24, 2.45) is 0 Å². The molecule has 0 N–H and O–H groups in total. The number of hydrogen-bond acceptors (Lipinski definition) is 5. The number of anilines is 2. The Labute approximate surface area is 178 Å². The Morgan fingerprint density at radius 2 is 1.60 bits per heavy atom. The summed E-state index contributed by atoms with van der Waals surface area (Å²) in [6.07, 6.45) is 8.07. The van der Waals surface area contributed by atoms with Crippen LogP contribution in [0, 0.1) is 0 Å². The van der Waals surface area contributed by atoms with Crippen LogP contribution >= 0.6 is 0 Å². The molecule has 30 heavy (non-hydrogen) atoms. The highest BCUT2D eigenvalue weighted by Gasteiger charge is 2.13. The Morgan fingerprint density at radius 3 is 2.37 bits per heavy atom. The Kier molecular flexibility index (Phi) is 8.39. The number of rotatable bonds is 11. The fourth-order valence-corrected chi connectivity index (χ4v) is 3.36. The van der Waals surface area contributed by atoms with E-state index in [4.69, 9.17) is 4.74 Å². The summed E-state index contributed by atoms with van der Waals surface area (Å²) in [5, 5.41) is 0. The van der Waals surface area contributed by atoms with E-state index in [0.29, 0.717) is 13.0 Å². The Bertz CT molecular complexity index is 901. The lowest BCUT2D eigenvalue weighted by atomic mass is 10.1. The number of aromatic nitrogens is 2. The third-order valence-electron chi connectivity index (χ3n) is 4.87. The molecule has 0 atom stereocenters. The first kappa shape index (κ1) is 21.5. The van der Waals surface area contributed by atoms with Crippen LogP contribution in [0.4, 0.5) is 11.6 Å². The largest absolute Gasteiger partial charge is 0.466 e. The summed E-state index contributed by atoms with van der Waals surface area (Å²) in [6, 6.07) is 20.4. The van der Waals surface area contributed by atoms with Gasteiger partial charge in [-0.05, 0) is 55.2 Å². The minimum atomic E-state index is -0.102. The maximum atomic E-state index is 11.5. The van der Waals surface area contributed by atoms with E-state index in [0.717, 1.165) is 49.4 Å². The Hall–Kier alpha value is -3.21. The highest BCUT2D eigenvalue weighted by Crippen LogP contribution is 2.27. The summed E-state index contributed by atoms with van der Waals surface area (Å²) < 4.78 is 4.99. The van der Waals surface area contributed by atoms with Crippen molar-refractivity contribution in [2.75, 3.05) is 18.1 Å². The number of unbranched alkanes of at least 4 members (excludes halogenated alkanes) is 3. The van der Waals surface area contributed by atoms with Gasteiger partial charge in [-0.2, -0.15) is 0 Å². The van der Waals surface area contributed by atoms with Crippen LogP contribution in [-0.2, 0) is 9.53 Å². The molecular weight excluding hydrogens is 374 g/mol. The lowest BCUT2D eigenvalue weighted by Gasteiger charge is -2.23. The fourth-order valence-electron chi connectivity index (χ4n) is 3.36. The number of esters is 1. The summed E-state index contributed by atoms with van der Waals surface area (Å²) >= 11 is 0. The van der Waals surface area contributed by atoms with Gasteiger partial charge in [-0.15, -0.1) is 0 Å². The molecule has 3 aromatic rings. The molecule has 5 heteroatoms. The molecule has 0 fully saturated rings. The highest BCUT2D eigenvalue weighted by molar-refractivity contribution is 5.69. The van der Waals surface area contributed by atoms with Gasteiger partial charge in [-0.25, -0.2) is 9.97 Å². The van der Waals surface area contributed by atoms with Crippen LogP contribution in [-0.4, -0.2) is 29.1 Å². The van der Waals surface area contributed by atoms with Crippen LogP contribution in [0.1, 0.15) is 39.0 Å². The minimum Gasteiger partial charge on any atom is -0.466 e. The third-order valence-corrected chi connectivity index (χ3v) is 4.87. The minimum absolute atomic E-state index is 0.102. The number of hydrogen-bond donors (Lipinski definition) is 0. The number of ether oxygens (including phenoxy) is 1. The average Bonchev–Trinajstić information content (AvgIpc) is 2.80. The summed E-state index contributed by atoms with van der Waals surface area (Å²) in [5.74, 6) is 1.68. The van der Waals surface area contributed by atoms with Crippen molar-refractivity contribution in [2.45, 2.75) is 39.0 Å². The van der Waals surface area contributed by atoms with Crippen LogP contribution in [0.3, 0.4) is 0 Å². The van der Waals surface area contributed by atoms with Crippen LogP contribution in [0.25, 0.3) is 11.1 Å². The second kappa shape index (κ2) is 11.7. The highest BCUT2D eigenvalue weighted by atomic mass is 16.5. The van der Waals surface area contributed by atoms with Gasteiger partial charge in [-0.3, -0.25) is 4.79 Å². The first-order valence-electron chi connectivity index (χ1n) is 10.6. The zero-order chi connectivity index (χ0) is 21.0. The molecule has 156 valence electrons. The van der Waals surface area contributed by atoms with Crippen LogP contribution in [0.15, 0.2) is 73.1 Å². The van der Waals surface area contributed by atoms with Gasteiger partial charge < -0.3 is 9.64 Å². The molecule has 0 aliphatic rings. The molecule has 3 rings (SSSR count). The van der Waals surface area contributed by atoms with Crippen molar-refractivity contribution in [1.29, 1.82) is 0 Å². The summed E-state index contributed by atoms with van der Waals surface area (Å²) in [7, 11) is 0. The summed E-state index contributed by atoms with van der Waals surface area (Å²) in [4.78, 5) is 22.8. The van der Waals surface area contributed by atoms with Gasteiger partial charge in [0.1, 0.15) is 11.6 Å². The third kappa shape index (κ3) is 6.41. The zero-order valence-electron chi connectivity index (χ0n) is 17.5. The molecule has 0 saturated carbocycles. The monoisotopic (exact) mass is 403 g/mol. The van der Waals surface area contributed by atoms with Gasteiger partial charge in [0.2, 0.25) is 0 Å². The van der Waals surface area contributed by atoms with Gasteiger partial charge >= 0.3 is 5.97 Å². The van der Waals surface area contributed by atoms with Crippen molar-refractivity contribution in [3.63, 3.8) is 0 Å². The molecule has 0 unspecified atom stereocenters. The first-order valence-corrected chi connectivity index (χ1v) is 10.6. The topological polar surface area (TPSA) is 55.3 Å². The number of nitrogens with zero attached hydrogens (tertiary/aromatic N) is 3. The van der Waals surface area contributed by atoms with E-state index >= 15 is 0 Å². The number of pyridine rings is 2. The quantitative estimate of drug-likeness (QED) is 0.299. The fraction of sp³-hybridized carbons (Fsp3) is 0.320. The molecule has 0 spiro atoms. The van der Waals surface area contributed by atoms with Crippen molar-refractivity contribution in [3.05, 3.63) is 73.1 Å². The van der Waals surface area contributed by atoms with Gasteiger partial charge in [-0.1, -0.05) is 49.2 Å². The van der Waals surface area contributed by atoms with Crippen LogP contribution in [0.5, 0.6) is 0 Å². The Morgan fingerprint density at radius 1 is 0.833 bits per heavy atom. The number of benzene rings is 1. The molecule has 0 aliphatic heterocycles. The van der Waals surface area contributed by atoms with Crippen molar-refractivity contribution in [3.8, 4) is 11.1 Å². The average molecular weight is 404 g/mol. The van der Waals surface area contributed by atoms with Gasteiger partial charge in [0.25, 0.3) is 0 Å². The molecule has 0 aliphatic carbocycles. The second-order valence-electron chi connectivity index (χ2n) is 7.08. The van der Waals surface area contributed by atoms with Crippen molar-refractivity contribution >= 4 is 17.6 Å². The smallest absolute Gasteiger partial charge is 0.305 e. The van der Waals surface area contributed by atoms with Gasteiger partial charge in [0, 0.05) is 25.4 Å². The molecule has 0 saturated heterocycles. The summed E-state index contributed by atoms with van der Waals surface area (Å²) in [5.41, 5.74) is 2.30. The second-order valence-corrected chi connectivity index (χ2v) is 7.08. The first-order chi connectivity index (χ1) is 14.8. The van der Waals surface area contributed by atoms with Gasteiger partial charge in [0.05, 0.1) is 6.61 Å². The van der Waals surface area contributed by atoms with E-state index in [-0.39, 0.29) is 5.97 Å². The summed E-state index contributed by atoms with van der Waals surface area (Å²) in [6.45, 7) is 3.11. The van der Waals surface area contributed by atoms with Crippen molar-refractivity contribution in [1.82, 2.24) is 9.97 Å². The van der Waals surface area contributed by atoms with E-state index in [1.165, 1.54) is 5.56 Å². The SMILES string of the molecule is CCOC(=O)CCCCCCN(c1ccccn1)c1cc(-c2ccccc2)ccn1. The van der Waals surface area contributed by atoms with E-state index in [1.807, 2.05) is 61.8 Å². The molecule has 0 radical (unpaired) electrons. The van der Waals surface area contributed by atoms with E-state index < -0.39 is 0 Å². The van der Waals surface area contributed by atoms with E-state index in [9.17, 15) is 4.79 Å². The Balaban J connectivity index is 1.65. The van der Waals surface area contributed by atoms with Gasteiger partial charge in [0.15, 0.2) is 0 Å². The molecular formula is C25H29N3O2. The van der Waals surface area contributed by atoms with E-state index in [2.05, 4.69) is 33.1 Å². The lowest BCUT2D eigenvalue weighted by Crippen LogP contribution is -2.20. The molecule has 1 aromatic carbocycles. The van der Waals surface area contributed by atoms with Crippen molar-refractivity contribution < 1.29 is 9.53 Å². The molecule has 2 aromatic heterocycles. The normalized spacial score (nSPS) is 10.6. The molecule has 0 amide bonds. The molecule has 2 heterocycles.